The first kappa shape index (κ1) is 12.1. The summed E-state index contributed by atoms with van der Waals surface area (Å²) in [5, 5.41) is 10.2. The predicted molar refractivity (Wildman–Crippen MR) is 50.4 cm³/mol. The van der Waals surface area contributed by atoms with Crippen molar-refractivity contribution in [3.8, 4) is 0 Å². The highest BCUT2D eigenvalue weighted by Crippen LogP contribution is 2.41. The van der Waals surface area contributed by atoms with Crippen molar-refractivity contribution < 1.29 is 18.1 Å². The van der Waals surface area contributed by atoms with E-state index < -0.39 is 27.2 Å². The van der Waals surface area contributed by atoms with Crippen LogP contribution < -0.4 is 0 Å². The molecule has 8 heteroatoms. The third-order valence-electron chi connectivity index (χ3n) is 1.59. The average Bonchev–Trinajstić information content (AvgIpc) is 2.06. The van der Waals surface area contributed by atoms with E-state index in [0.717, 1.165) is 6.07 Å². The first-order valence-corrected chi connectivity index (χ1v) is 4.30. The van der Waals surface area contributed by atoms with Gasteiger partial charge in [0.1, 0.15) is 10.5 Å². The van der Waals surface area contributed by atoms with Gasteiger partial charge >= 0.3 is 6.18 Å². The second-order valence-corrected chi connectivity index (χ2v) is 3.40. The fourth-order valence-electron chi connectivity index (χ4n) is 0.969. The Balaban J connectivity index is 3.55. The van der Waals surface area contributed by atoms with Crippen molar-refractivity contribution in [2.45, 2.75) is 11.1 Å². The van der Waals surface area contributed by atoms with Gasteiger partial charge in [-0.2, -0.15) is 13.2 Å². The molecule has 1 aromatic rings. The third-order valence-corrected chi connectivity index (χ3v) is 2.49. The summed E-state index contributed by atoms with van der Waals surface area (Å²) in [6.45, 7) is 0. The smallest absolute Gasteiger partial charge is 0.258 e. The summed E-state index contributed by atoms with van der Waals surface area (Å²) in [7, 11) is 0. The van der Waals surface area contributed by atoms with Gasteiger partial charge in [-0.1, -0.05) is 11.6 Å². The maximum Gasteiger partial charge on any atom is 0.423 e. The zero-order chi connectivity index (χ0) is 11.8. The van der Waals surface area contributed by atoms with Crippen molar-refractivity contribution in [3.05, 3.63) is 32.8 Å². The van der Waals surface area contributed by atoms with Crippen LogP contribution in [-0.2, 0) is 6.18 Å². The van der Waals surface area contributed by atoms with E-state index in [2.05, 4.69) is 12.6 Å². The molecule has 0 aliphatic rings. The van der Waals surface area contributed by atoms with E-state index >= 15 is 0 Å². The Labute approximate surface area is 92.4 Å². The maximum atomic E-state index is 12.3. The number of halogens is 4. The van der Waals surface area contributed by atoms with Gasteiger partial charge in [-0.05, 0) is 12.1 Å². The summed E-state index contributed by atoms with van der Waals surface area (Å²) in [6, 6.07) is 1.47. The molecule has 0 aromatic heterocycles. The Hall–Kier alpha value is -0.950. The summed E-state index contributed by atoms with van der Waals surface area (Å²) in [5.41, 5.74) is -2.49. The quantitative estimate of drug-likeness (QED) is 0.475. The molecule has 3 nitrogen and oxygen atoms in total. The first-order valence-electron chi connectivity index (χ1n) is 3.48. The van der Waals surface area contributed by atoms with Gasteiger partial charge in [0.15, 0.2) is 0 Å². The van der Waals surface area contributed by atoms with E-state index in [9.17, 15) is 23.3 Å². The summed E-state index contributed by atoms with van der Waals surface area (Å²) >= 11 is 9.01. The molecule has 0 atom stereocenters. The number of nitro benzene ring substituents is 1. The summed E-state index contributed by atoms with van der Waals surface area (Å²) in [6.07, 6.45) is -4.80. The van der Waals surface area contributed by atoms with Crippen LogP contribution in [0.15, 0.2) is 17.0 Å². The number of hydrogen-bond donors (Lipinski definition) is 1. The van der Waals surface area contributed by atoms with Gasteiger partial charge in [-0.3, -0.25) is 10.1 Å². The molecule has 0 aliphatic carbocycles. The topological polar surface area (TPSA) is 43.1 Å². The van der Waals surface area contributed by atoms with E-state index in [-0.39, 0.29) is 5.02 Å². The number of benzene rings is 1. The fourth-order valence-corrected chi connectivity index (χ4v) is 1.40. The van der Waals surface area contributed by atoms with Gasteiger partial charge in [0.2, 0.25) is 0 Å². The molecule has 0 saturated heterocycles. The molecular formula is C7H3ClF3NO2S. The average molecular weight is 258 g/mol. The van der Waals surface area contributed by atoms with Gasteiger partial charge in [0.25, 0.3) is 5.69 Å². The molecule has 1 aromatic carbocycles. The molecule has 1 rings (SSSR count). The van der Waals surface area contributed by atoms with Crippen LogP contribution in [0, 0.1) is 10.1 Å². The summed E-state index contributed by atoms with van der Waals surface area (Å²) in [4.78, 5) is 8.79. The fraction of sp³-hybridized carbons (Fsp3) is 0.143. The van der Waals surface area contributed by atoms with Crippen LogP contribution in [0.4, 0.5) is 18.9 Å². The summed E-state index contributed by atoms with van der Waals surface area (Å²) in [5.74, 6) is 0. The van der Waals surface area contributed by atoms with Crippen LogP contribution in [-0.4, -0.2) is 4.92 Å². The number of hydrogen-bond acceptors (Lipinski definition) is 3. The van der Waals surface area contributed by atoms with Crippen molar-refractivity contribution in [2.24, 2.45) is 0 Å². The van der Waals surface area contributed by atoms with Crippen LogP contribution in [0.5, 0.6) is 0 Å². The van der Waals surface area contributed by atoms with Gasteiger partial charge in [0, 0.05) is 0 Å². The second kappa shape index (κ2) is 3.90. The van der Waals surface area contributed by atoms with E-state index in [4.69, 9.17) is 11.6 Å². The number of nitrogens with zero attached hydrogens (tertiary/aromatic N) is 1. The van der Waals surface area contributed by atoms with Crippen LogP contribution in [0.3, 0.4) is 0 Å². The monoisotopic (exact) mass is 257 g/mol. The largest absolute Gasteiger partial charge is 0.423 e. The van der Waals surface area contributed by atoms with Crippen molar-refractivity contribution in [2.75, 3.05) is 0 Å². The lowest BCUT2D eigenvalue weighted by molar-refractivity contribution is -0.390. The minimum atomic E-state index is -4.80. The predicted octanol–water partition coefficient (Wildman–Crippen LogP) is 3.56. The van der Waals surface area contributed by atoms with Crippen LogP contribution in [0.25, 0.3) is 0 Å². The third kappa shape index (κ3) is 2.35. The van der Waals surface area contributed by atoms with Gasteiger partial charge in [0.05, 0.1) is 9.95 Å². The molecule has 0 unspecified atom stereocenters. The first-order chi connectivity index (χ1) is 6.75. The molecule has 0 fully saturated rings. The number of rotatable bonds is 1. The number of nitro groups is 1. The Morgan fingerprint density at radius 1 is 1.40 bits per heavy atom. The highest BCUT2D eigenvalue weighted by Gasteiger charge is 2.39. The van der Waals surface area contributed by atoms with Crippen molar-refractivity contribution in [3.63, 3.8) is 0 Å². The number of alkyl halides is 3. The van der Waals surface area contributed by atoms with E-state index in [1.165, 1.54) is 0 Å². The molecule has 15 heavy (non-hydrogen) atoms. The molecule has 0 amide bonds. The molecule has 0 spiro atoms. The second-order valence-electron chi connectivity index (χ2n) is 2.55. The Kier molecular flexibility index (Phi) is 3.15. The normalized spacial score (nSPS) is 11.5. The van der Waals surface area contributed by atoms with E-state index in [0.29, 0.717) is 6.07 Å². The molecular weight excluding hydrogens is 255 g/mol. The SMILES string of the molecule is O=[N+]([O-])c1c(C(F)(F)F)ccc(Cl)c1S. The van der Waals surface area contributed by atoms with Crippen LogP contribution in [0.2, 0.25) is 5.02 Å². The van der Waals surface area contributed by atoms with Crippen molar-refractivity contribution in [1.82, 2.24) is 0 Å². The lowest BCUT2D eigenvalue weighted by Crippen LogP contribution is -2.09. The molecule has 82 valence electrons. The Morgan fingerprint density at radius 3 is 2.33 bits per heavy atom. The van der Waals surface area contributed by atoms with Gasteiger partial charge in [-0.25, -0.2) is 0 Å². The Bertz CT molecular complexity index is 421. The minimum absolute atomic E-state index is 0.196. The van der Waals surface area contributed by atoms with Crippen molar-refractivity contribution in [1.29, 1.82) is 0 Å². The van der Waals surface area contributed by atoms with E-state index in [1.807, 2.05) is 0 Å². The van der Waals surface area contributed by atoms with E-state index in [1.54, 1.807) is 0 Å². The standard InChI is InChI=1S/C7H3ClF3NO2S/c8-4-2-1-3(7(9,10)11)5(6(4)15)12(13)14/h1-2,15H. The highest BCUT2D eigenvalue weighted by atomic mass is 35.5. The molecule has 0 radical (unpaired) electrons. The zero-order valence-electron chi connectivity index (χ0n) is 6.88. The van der Waals surface area contributed by atoms with Gasteiger partial charge < -0.3 is 0 Å². The minimum Gasteiger partial charge on any atom is -0.258 e. The molecule has 0 aliphatic heterocycles. The number of thiol groups is 1. The maximum absolute atomic E-state index is 12.3. The van der Waals surface area contributed by atoms with Crippen molar-refractivity contribution >= 4 is 29.9 Å². The molecule has 0 bridgehead atoms. The van der Waals surface area contributed by atoms with Crippen LogP contribution >= 0.6 is 24.2 Å². The van der Waals surface area contributed by atoms with Gasteiger partial charge in [-0.15, -0.1) is 12.6 Å². The summed E-state index contributed by atoms with van der Waals surface area (Å²) < 4.78 is 37.0. The molecule has 0 heterocycles. The molecule has 0 saturated carbocycles. The van der Waals surface area contributed by atoms with Crippen LogP contribution in [0.1, 0.15) is 5.56 Å². The Morgan fingerprint density at radius 2 is 1.93 bits per heavy atom. The lowest BCUT2D eigenvalue weighted by Gasteiger charge is -2.09. The highest BCUT2D eigenvalue weighted by molar-refractivity contribution is 7.80. The molecule has 0 N–H and O–H groups in total. The lowest BCUT2D eigenvalue weighted by atomic mass is 10.2. The zero-order valence-corrected chi connectivity index (χ0v) is 8.53.